The molecule has 1 unspecified atom stereocenters. The van der Waals surface area contributed by atoms with E-state index in [1.54, 1.807) is 19.1 Å². The summed E-state index contributed by atoms with van der Waals surface area (Å²) in [5.74, 6) is -0.0583. The number of methoxy groups -OCH3 is 1. The SMILES string of the molecule is COc1ccc(C2(CCCN(C)CC(=O)O)OCc3cc(C#N)ccc32)cc1. The van der Waals surface area contributed by atoms with Gasteiger partial charge in [0.05, 0.1) is 31.9 Å². The van der Waals surface area contributed by atoms with Gasteiger partial charge in [0.2, 0.25) is 0 Å². The molecule has 0 bridgehead atoms. The summed E-state index contributed by atoms with van der Waals surface area (Å²) in [6.07, 6.45) is 1.48. The largest absolute Gasteiger partial charge is 0.497 e. The minimum absolute atomic E-state index is 0.0124. The lowest BCUT2D eigenvalue weighted by Crippen LogP contribution is -2.31. The maximum absolute atomic E-state index is 10.9. The summed E-state index contributed by atoms with van der Waals surface area (Å²) >= 11 is 0. The maximum atomic E-state index is 10.9. The zero-order valence-corrected chi connectivity index (χ0v) is 16.1. The number of carboxylic acids is 1. The Morgan fingerprint density at radius 2 is 2.07 bits per heavy atom. The molecule has 0 spiro atoms. The molecule has 0 amide bonds. The van der Waals surface area contributed by atoms with Crippen LogP contribution in [0.3, 0.4) is 0 Å². The number of fused-ring (bicyclic) bond motifs is 1. The second kappa shape index (κ2) is 8.42. The van der Waals surface area contributed by atoms with Crippen LogP contribution in [0, 0.1) is 11.3 Å². The normalized spacial score (nSPS) is 17.9. The second-order valence-electron chi connectivity index (χ2n) is 7.06. The first-order chi connectivity index (χ1) is 13.5. The van der Waals surface area contributed by atoms with Gasteiger partial charge in [-0.2, -0.15) is 5.26 Å². The molecule has 146 valence electrons. The van der Waals surface area contributed by atoms with E-state index >= 15 is 0 Å². The van der Waals surface area contributed by atoms with Gasteiger partial charge in [-0.25, -0.2) is 0 Å². The Hall–Kier alpha value is -2.88. The molecule has 1 aliphatic rings. The number of aliphatic carboxylic acids is 1. The van der Waals surface area contributed by atoms with Gasteiger partial charge in [0.15, 0.2) is 0 Å². The van der Waals surface area contributed by atoms with Crippen LogP contribution in [0.2, 0.25) is 0 Å². The summed E-state index contributed by atoms with van der Waals surface area (Å²) in [6, 6.07) is 15.7. The predicted molar refractivity (Wildman–Crippen MR) is 104 cm³/mol. The van der Waals surface area contributed by atoms with Gasteiger partial charge >= 0.3 is 5.97 Å². The summed E-state index contributed by atoms with van der Waals surface area (Å²) in [5, 5.41) is 18.1. The molecule has 1 aliphatic heterocycles. The molecule has 0 fully saturated rings. The quantitative estimate of drug-likeness (QED) is 0.758. The molecule has 3 rings (SSSR count). The molecule has 6 heteroatoms. The summed E-state index contributed by atoms with van der Waals surface area (Å²) < 4.78 is 11.6. The van der Waals surface area contributed by atoms with Crippen LogP contribution >= 0.6 is 0 Å². The molecule has 1 atom stereocenters. The standard InChI is InChI=1S/C22H24N2O4/c1-24(14-21(25)26)11-3-10-22(18-5-7-19(27-2)8-6-18)20-9-4-16(13-23)12-17(20)15-28-22/h4-9,12H,3,10-11,14-15H2,1-2H3,(H,25,26). The van der Waals surface area contributed by atoms with Crippen LogP contribution in [-0.2, 0) is 21.7 Å². The highest BCUT2D eigenvalue weighted by molar-refractivity contribution is 5.69. The topological polar surface area (TPSA) is 82.8 Å². The number of benzene rings is 2. The lowest BCUT2D eigenvalue weighted by Gasteiger charge is -2.31. The fourth-order valence-corrected chi connectivity index (χ4v) is 3.81. The number of nitrogens with zero attached hydrogens (tertiary/aromatic N) is 2. The zero-order valence-electron chi connectivity index (χ0n) is 16.1. The first kappa shape index (κ1) is 19.9. The average Bonchev–Trinajstić information content (AvgIpc) is 3.06. The summed E-state index contributed by atoms with van der Waals surface area (Å²) in [6.45, 7) is 1.11. The van der Waals surface area contributed by atoms with Gasteiger partial charge in [-0.1, -0.05) is 18.2 Å². The third-order valence-corrected chi connectivity index (χ3v) is 5.17. The van der Waals surface area contributed by atoms with Crippen LogP contribution in [0.15, 0.2) is 42.5 Å². The van der Waals surface area contributed by atoms with Crippen molar-refractivity contribution in [2.75, 3.05) is 27.2 Å². The molecule has 0 aromatic heterocycles. The van der Waals surface area contributed by atoms with E-state index in [2.05, 4.69) is 6.07 Å². The number of likely N-dealkylation sites (N-methyl/N-ethyl adjacent to an activating group) is 1. The second-order valence-corrected chi connectivity index (χ2v) is 7.06. The predicted octanol–water partition coefficient (Wildman–Crippen LogP) is 3.14. The van der Waals surface area contributed by atoms with Crippen molar-refractivity contribution in [3.8, 4) is 11.8 Å². The van der Waals surface area contributed by atoms with Crippen molar-refractivity contribution in [3.05, 3.63) is 64.7 Å². The number of hydrogen-bond acceptors (Lipinski definition) is 5. The number of carboxylic acid groups (broad SMARTS) is 1. The van der Waals surface area contributed by atoms with Crippen molar-refractivity contribution in [2.45, 2.75) is 25.0 Å². The van der Waals surface area contributed by atoms with Gasteiger partial charge in [-0.15, -0.1) is 0 Å². The minimum atomic E-state index is -0.834. The Morgan fingerprint density at radius 1 is 1.32 bits per heavy atom. The smallest absolute Gasteiger partial charge is 0.317 e. The van der Waals surface area contributed by atoms with Crippen LogP contribution in [0.5, 0.6) is 5.75 Å². The van der Waals surface area contributed by atoms with Gasteiger partial charge in [-0.05, 0) is 67.4 Å². The Bertz CT molecular complexity index is 888. The summed E-state index contributed by atoms with van der Waals surface area (Å²) in [7, 11) is 3.44. The Kier molecular flexibility index (Phi) is 5.98. The van der Waals surface area contributed by atoms with Gasteiger partial charge in [0, 0.05) is 0 Å². The molecule has 0 saturated carbocycles. The van der Waals surface area contributed by atoms with Crippen molar-refractivity contribution < 1.29 is 19.4 Å². The van der Waals surface area contributed by atoms with Crippen LogP contribution in [0.4, 0.5) is 0 Å². The van der Waals surface area contributed by atoms with Crippen LogP contribution in [0.25, 0.3) is 0 Å². The van der Waals surface area contributed by atoms with Crippen molar-refractivity contribution in [2.24, 2.45) is 0 Å². The molecule has 6 nitrogen and oxygen atoms in total. The lowest BCUT2D eigenvalue weighted by atomic mass is 9.81. The Balaban J connectivity index is 1.90. The summed E-state index contributed by atoms with van der Waals surface area (Å²) in [5.41, 5.74) is 3.12. The Morgan fingerprint density at radius 3 is 2.71 bits per heavy atom. The number of rotatable bonds is 8. The third-order valence-electron chi connectivity index (χ3n) is 5.17. The fourth-order valence-electron chi connectivity index (χ4n) is 3.81. The van der Waals surface area contributed by atoms with Gasteiger partial charge in [0.1, 0.15) is 11.4 Å². The highest BCUT2D eigenvalue weighted by Crippen LogP contribution is 2.45. The number of nitriles is 1. The van der Waals surface area contributed by atoms with E-state index < -0.39 is 11.6 Å². The highest BCUT2D eigenvalue weighted by Gasteiger charge is 2.41. The number of hydrogen-bond donors (Lipinski definition) is 1. The van der Waals surface area contributed by atoms with Gasteiger partial charge in [-0.3, -0.25) is 9.69 Å². The fraction of sp³-hybridized carbons (Fsp3) is 0.364. The molecule has 0 aliphatic carbocycles. The van der Waals surface area contributed by atoms with Crippen molar-refractivity contribution in [1.29, 1.82) is 5.26 Å². The van der Waals surface area contributed by atoms with Crippen LogP contribution in [-0.4, -0.2) is 43.2 Å². The van der Waals surface area contributed by atoms with Crippen LogP contribution < -0.4 is 4.74 Å². The minimum Gasteiger partial charge on any atom is -0.497 e. The Labute approximate surface area is 164 Å². The van der Waals surface area contributed by atoms with E-state index in [4.69, 9.17) is 14.6 Å². The number of carbonyl (C=O) groups is 1. The highest BCUT2D eigenvalue weighted by atomic mass is 16.5. The average molecular weight is 380 g/mol. The van der Waals surface area contributed by atoms with E-state index in [1.807, 2.05) is 42.5 Å². The first-order valence-corrected chi connectivity index (χ1v) is 9.21. The molecule has 0 saturated heterocycles. The van der Waals surface area contributed by atoms with Gasteiger partial charge in [0.25, 0.3) is 0 Å². The van der Waals surface area contributed by atoms with Crippen molar-refractivity contribution in [1.82, 2.24) is 4.90 Å². The number of ether oxygens (including phenoxy) is 2. The van der Waals surface area contributed by atoms with E-state index in [1.165, 1.54) is 0 Å². The lowest BCUT2D eigenvalue weighted by molar-refractivity contribution is -0.138. The van der Waals surface area contributed by atoms with E-state index in [0.29, 0.717) is 25.1 Å². The van der Waals surface area contributed by atoms with E-state index in [-0.39, 0.29) is 6.54 Å². The van der Waals surface area contributed by atoms with Crippen molar-refractivity contribution in [3.63, 3.8) is 0 Å². The maximum Gasteiger partial charge on any atom is 0.317 e. The molecule has 2 aromatic carbocycles. The van der Waals surface area contributed by atoms with Crippen molar-refractivity contribution >= 4 is 5.97 Å². The van der Waals surface area contributed by atoms with Gasteiger partial charge < -0.3 is 14.6 Å². The summed E-state index contributed by atoms with van der Waals surface area (Å²) in [4.78, 5) is 12.7. The molecule has 1 N–H and O–H groups in total. The van der Waals surface area contributed by atoms with Crippen LogP contribution in [0.1, 0.15) is 35.1 Å². The zero-order chi connectivity index (χ0) is 20.1. The molecular formula is C22H24N2O4. The molecule has 0 radical (unpaired) electrons. The molecule has 28 heavy (non-hydrogen) atoms. The monoisotopic (exact) mass is 380 g/mol. The third kappa shape index (κ3) is 4.01. The van der Waals surface area contributed by atoms with E-state index in [9.17, 15) is 10.1 Å². The van der Waals surface area contributed by atoms with E-state index in [0.717, 1.165) is 28.9 Å². The molecule has 1 heterocycles. The molecular weight excluding hydrogens is 356 g/mol. The first-order valence-electron chi connectivity index (χ1n) is 9.21. The molecule has 2 aromatic rings.